The lowest BCUT2D eigenvalue weighted by Gasteiger charge is -2.23. The van der Waals surface area contributed by atoms with E-state index >= 15 is 0 Å². The summed E-state index contributed by atoms with van der Waals surface area (Å²) in [7, 11) is 0. The Labute approximate surface area is 105 Å². The van der Waals surface area contributed by atoms with Crippen molar-refractivity contribution in [1.29, 1.82) is 0 Å². The summed E-state index contributed by atoms with van der Waals surface area (Å²) in [5.41, 5.74) is 8.45. The van der Waals surface area contributed by atoms with Crippen LogP contribution in [-0.2, 0) is 6.42 Å². The first-order chi connectivity index (χ1) is 8.25. The molecule has 2 N–H and O–H groups in total. The fraction of sp³-hybridized carbons (Fsp3) is 0.308. The lowest BCUT2D eigenvalue weighted by Crippen LogP contribution is -2.25. The number of aromatic nitrogens is 2. The third-order valence-corrected chi connectivity index (χ3v) is 3.49. The number of hydrogen-bond acceptors (Lipinski definition) is 2. The molecule has 0 saturated heterocycles. The topological polar surface area (TPSA) is 43.8 Å². The van der Waals surface area contributed by atoms with Gasteiger partial charge in [0.05, 0.1) is 6.17 Å². The van der Waals surface area contributed by atoms with Gasteiger partial charge in [0.15, 0.2) is 0 Å². The molecule has 88 valence electrons. The summed E-state index contributed by atoms with van der Waals surface area (Å²) in [5.74, 6) is 0.948. The van der Waals surface area contributed by atoms with E-state index < -0.39 is 0 Å². The van der Waals surface area contributed by atoms with Gasteiger partial charge in [-0.2, -0.15) is 0 Å². The second-order valence-electron chi connectivity index (χ2n) is 4.41. The van der Waals surface area contributed by atoms with Gasteiger partial charge in [-0.25, -0.2) is 4.98 Å². The second-order valence-corrected chi connectivity index (χ2v) is 4.85. The Balaban J connectivity index is 2.09. The maximum atomic E-state index is 6.16. The van der Waals surface area contributed by atoms with E-state index in [-0.39, 0.29) is 6.17 Å². The number of nitrogens with zero attached hydrogens (tertiary/aromatic N) is 2. The number of rotatable bonds is 1. The quantitative estimate of drug-likeness (QED) is 0.842. The Hall–Kier alpha value is -1.32. The average Bonchev–Trinajstić information content (AvgIpc) is 2.75. The van der Waals surface area contributed by atoms with Gasteiger partial charge >= 0.3 is 0 Å². The first kappa shape index (κ1) is 10.8. The van der Waals surface area contributed by atoms with E-state index in [1.807, 2.05) is 30.5 Å². The maximum absolute atomic E-state index is 6.16. The Kier molecular flexibility index (Phi) is 2.65. The van der Waals surface area contributed by atoms with Crippen molar-refractivity contribution in [1.82, 2.24) is 9.55 Å². The van der Waals surface area contributed by atoms with Gasteiger partial charge in [-0.1, -0.05) is 11.6 Å². The van der Waals surface area contributed by atoms with Gasteiger partial charge in [-0.3, -0.25) is 0 Å². The van der Waals surface area contributed by atoms with Crippen molar-refractivity contribution in [2.45, 2.75) is 25.4 Å². The number of fused-ring (bicyclic) bond motifs is 1. The molecule has 0 bridgehead atoms. The van der Waals surface area contributed by atoms with Crippen molar-refractivity contribution in [2.75, 3.05) is 0 Å². The molecule has 0 saturated carbocycles. The van der Waals surface area contributed by atoms with Crippen LogP contribution >= 0.6 is 11.6 Å². The first-order valence-electron chi connectivity index (χ1n) is 5.83. The van der Waals surface area contributed by atoms with E-state index in [2.05, 4.69) is 9.55 Å². The van der Waals surface area contributed by atoms with Crippen LogP contribution in [0.4, 0.5) is 0 Å². The van der Waals surface area contributed by atoms with Gasteiger partial charge in [0.25, 0.3) is 0 Å². The first-order valence-corrected chi connectivity index (χ1v) is 6.21. The van der Waals surface area contributed by atoms with Crippen molar-refractivity contribution in [3.05, 3.63) is 41.2 Å². The number of benzene rings is 1. The van der Waals surface area contributed by atoms with E-state index in [0.29, 0.717) is 0 Å². The van der Waals surface area contributed by atoms with Crippen molar-refractivity contribution in [3.8, 4) is 11.4 Å². The van der Waals surface area contributed by atoms with Crippen LogP contribution in [0.25, 0.3) is 11.4 Å². The van der Waals surface area contributed by atoms with Crippen LogP contribution in [0.3, 0.4) is 0 Å². The van der Waals surface area contributed by atoms with Crippen LogP contribution in [0, 0.1) is 0 Å². The van der Waals surface area contributed by atoms with Crippen LogP contribution in [0.5, 0.6) is 0 Å². The minimum Gasteiger partial charge on any atom is -0.312 e. The standard InChI is InChI=1S/C13H14ClN3/c14-10-6-4-9(5-7-10)13-16-8-11-2-1-3-12(15)17(11)13/h4-8,12H,1-3,15H2. The van der Waals surface area contributed by atoms with Gasteiger partial charge in [-0.15, -0.1) is 0 Å². The minimum absolute atomic E-state index is 0.0481. The zero-order valence-corrected chi connectivity index (χ0v) is 10.2. The van der Waals surface area contributed by atoms with Crippen LogP contribution in [0.1, 0.15) is 24.7 Å². The summed E-state index contributed by atoms with van der Waals surface area (Å²) < 4.78 is 2.15. The predicted octanol–water partition coefficient (Wildman–Crippen LogP) is 3.00. The molecule has 0 radical (unpaired) electrons. The third kappa shape index (κ3) is 1.85. The van der Waals surface area contributed by atoms with Gasteiger partial charge < -0.3 is 10.3 Å². The highest BCUT2D eigenvalue weighted by Crippen LogP contribution is 2.29. The van der Waals surface area contributed by atoms with Crippen LogP contribution in [0.2, 0.25) is 5.02 Å². The van der Waals surface area contributed by atoms with E-state index in [1.165, 1.54) is 5.69 Å². The third-order valence-electron chi connectivity index (χ3n) is 3.24. The SMILES string of the molecule is NC1CCCc2cnc(-c3ccc(Cl)cc3)n21. The monoisotopic (exact) mass is 247 g/mol. The molecule has 0 fully saturated rings. The van der Waals surface area contributed by atoms with Crippen LogP contribution in [-0.4, -0.2) is 9.55 Å². The van der Waals surface area contributed by atoms with Crippen LogP contribution < -0.4 is 5.73 Å². The summed E-state index contributed by atoms with van der Waals surface area (Å²) in [6.45, 7) is 0. The summed E-state index contributed by atoms with van der Waals surface area (Å²) in [6, 6.07) is 7.73. The highest BCUT2D eigenvalue weighted by molar-refractivity contribution is 6.30. The molecule has 1 atom stereocenters. The fourth-order valence-electron chi connectivity index (χ4n) is 2.39. The van der Waals surface area contributed by atoms with E-state index in [1.54, 1.807) is 0 Å². The van der Waals surface area contributed by atoms with Crippen molar-refractivity contribution in [2.24, 2.45) is 5.73 Å². The largest absolute Gasteiger partial charge is 0.312 e. The zero-order chi connectivity index (χ0) is 11.8. The predicted molar refractivity (Wildman–Crippen MR) is 68.8 cm³/mol. The molecular formula is C13H14ClN3. The lowest BCUT2D eigenvalue weighted by molar-refractivity contribution is 0.418. The molecule has 1 aliphatic rings. The summed E-state index contributed by atoms with van der Waals surface area (Å²) >= 11 is 5.89. The second kappa shape index (κ2) is 4.17. The smallest absolute Gasteiger partial charge is 0.141 e. The molecule has 4 heteroatoms. The highest BCUT2D eigenvalue weighted by atomic mass is 35.5. The van der Waals surface area contributed by atoms with Gasteiger partial charge in [0, 0.05) is 22.5 Å². The summed E-state index contributed by atoms with van der Waals surface area (Å²) in [4.78, 5) is 4.49. The highest BCUT2D eigenvalue weighted by Gasteiger charge is 2.20. The van der Waals surface area contributed by atoms with Gasteiger partial charge in [0.1, 0.15) is 5.82 Å². The maximum Gasteiger partial charge on any atom is 0.141 e. The molecule has 1 aromatic heterocycles. The Morgan fingerprint density at radius 3 is 2.82 bits per heavy atom. The molecule has 3 rings (SSSR count). The normalized spacial score (nSPS) is 19.1. The van der Waals surface area contributed by atoms with E-state index in [4.69, 9.17) is 17.3 Å². The molecule has 0 spiro atoms. The number of imidazole rings is 1. The van der Waals surface area contributed by atoms with Crippen LogP contribution in [0.15, 0.2) is 30.5 Å². The molecular weight excluding hydrogens is 234 g/mol. The van der Waals surface area contributed by atoms with E-state index in [0.717, 1.165) is 35.7 Å². The van der Waals surface area contributed by atoms with Crippen molar-refractivity contribution < 1.29 is 0 Å². The molecule has 0 aliphatic carbocycles. The number of hydrogen-bond donors (Lipinski definition) is 1. The minimum atomic E-state index is 0.0481. The molecule has 1 unspecified atom stereocenters. The molecule has 1 aliphatic heterocycles. The van der Waals surface area contributed by atoms with Crippen molar-refractivity contribution in [3.63, 3.8) is 0 Å². The number of nitrogens with two attached hydrogens (primary N) is 1. The molecule has 0 amide bonds. The van der Waals surface area contributed by atoms with Crippen molar-refractivity contribution >= 4 is 11.6 Å². The van der Waals surface area contributed by atoms with E-state index in [9.17, 15) is 0 Å². The molecule has 17 heavy (non-hydrogen) atoms. The average molecular weight is 248 g/mol. The summed E-state index contributed by atoms with van der Waals surface area (Å²) in [5, 5.41) is 0.739. The fourth-order valence-corrected chi connectivity index (χ4v) is 2.51. The lowest BCUT2D eigenvalue weighted by atomic mass is 10.1. The Morgan fingerprint density at radius 2 is 2.06 bits per heavy atom. The Bertz CT molecular complexity index is 530. The molecule has 3 nitrogen and oxygen atoms in total. The van der Waals surface area contributed by atoms with Gasteiger partial charge in [0.2, 0.25) is 0 Å². The number of halogens is 1. The summed E-state index contributed by atoms with van der Waals surface area (Å²) in [6.07, 6.45) is 5.21. The molecule has 1 aromatic carbocycles. The Morgan fingerprint density at radius 1 is 1.29 bits per heavy atom. The van der Waals surface area contributed by atoms with Gasteiger partial charge in [-0.05, 0) is 43.5 Å². The molecule has 2 heterocycles. The molecule has 2 aromatic rings. The number of aryl methyl sites for hydroxylation is 1. The zero-order valence-electron chi connectivity index (χ0n) is 9.44.